The number of aromatic nitrogens is 1. The first-order valence-corrected chi connectivity index (χ1v) is 6.36. The summed E-state index contributed by atoms with van der Waals surface area (Å²) in [6, 6.07) is 0. The lowest BCUT2D eigenvalue weighted by Crippen LogP contribution is -2.49. The molecule has 0 aliphatic heterocycles. The largest absolute Gasteiger partial charge is 0.394 e. The molecule has 17 heavy (non-hydrogen) atoms. The maximum atomic E-state index is 11.8. The number of aryl methyl sites for hydroxylation is 1. The summed E-state index contributed by atoms with van der Waals surface area (Å²) in [5.74, 6) is -0.257. The van der Waals surface area contributed by atoms with Crippen LogP contribution in [0.4, 0.5) is 0 Å². The van der Waals surface area contributed by atoms with E-state index < -0.39 is 5.54 Å². The third-order valence-corrected chi connectivity index (χ3v) is 3.73. The van der Waals surface area contributed by atoms with Gasteiger partial charge in [0.15, 0.2) is 0 Å². The molecule has 96 valence electrons. The summed E-state index contributed by atoms with van der Waals surface area (Å²) < 4.78 is 1.42. The topological polar surface area (TPSA) is 71.3 Å². The van der Waals surface area contributed by atoms with Crippen LogP contribution < -0.4 is 10.2 Å². The zero-order chi connectivity index (χ0) is 13.1. The molecule has 1 unspecified atom stereocenters. The Kier molecular flexibility index (Phi) is 4.47. The summed E-state index contributed by atoms with van der Waals surface area (Å²) in [5.41, 5.74) is 0.155. The molecule has 0 spiro atoms. The predicted molar refractivity (Wildman–Crippen MR) is 67.2 cm³/mol. The van der Waals surface area contributed by atoms with Gasteiger partial charge in [0.25, 0.3) is 0 Å². The molecule has 0 aliphatic carbocycles. The van der Waals surface area contributed by atoms with Crippen molar-refractivity contribution in [1.82, 2.24) is 9.88 Å². The zero-order valence-electron chi connectivity index (χ0n) is 10.3. The normalized spacial score (nSPS) is 14.4. The van der Waals surface area contributed by atoms with Crippen LogP contribution in [-0.4, -0.2) is 27.7 Å². The Labute approximate surface area is 104 Å². The minimum Gasteiger partial charge on any atom is -0.394 e. The summed E-state index contributed by atoms with van der Waals surface area (Å²) >= 11 is 1.08. The van der Waals surface area contributed by atoms with Gasteiger partial charge in [-0.3, -0.25) is 14.2 Å². The first kappa shape index (κ1) is 13.9. The molecule has 0 radical (unpaired) electrons. The maximum Gasteiger partial charge on any atom is 0.307 e. The van der Waals surface area contributed by atoms with E-state index in [1.165, 1.54) is 4.57 Å². The zero-order valence-corrected chi connectivity index (χ0v) is 11.1. The van der Waals surface area contributed by atoms with Crippen molar-refractivity contribution in [3.05, 3.63) is 20.7 Å². The minimum atomic E-state index is -0.620. The van der Waals surface area contributed by atoms with Gasteiger partial charge in [0.2, 0.25) is 5.91 Å². The molecule has 1 atom stereocenters. The number of nitrogens with one attached hydrogen (secondary N) is 1. The van der Waals surface area contributed by atoms with Crippen molar-refractivity contribution >= 4 is 17.2 Å². The molecular formula is C11H18N2O3S. The molecular weight excluding hydrogens is 240 g/mol. The standard InChI is InChI=1S/C11H18N2O3S/c1-4-11(3,7-14)12-9(15)5-13-8(2)6-17-10(13)16/h6,14H,4-5,7H2,1-3H3,(H,12,15). The Morgan fingerprint density at radius 2 is 2.29 bits per heavy atom. The SMILES string of the molecule is CCC(C)(CO)NC(=O)Cn1c(C)csc1=O. The van der Waals surface area contributed by atoms with Crippen LogP contribution in [0.15, 0.2) is 10.2 Å². The molecule has 0 aliphatic rings. The summed E-state index contributed by atoms with van der Waals surface area (Å²) in [5, 5.41) is 13.7. The minimum absolute atomic E-state index is 0.00373. The molecule has 0 saturated heterocycles. The van der Waals surface area contributed by atoms with Gasteiger partial charge in [0.1, 0.15) is 6.54 Å². The lowest BCUT2D eigenvalue weighted by atomic mass is 10.0. The van der Waals surface area contributed by atoms with Crippen molar-refractivity contribution in [2.45, 2.75) is 39.3 Å². The van der Waals surface area contributed by atoms with Crippen molar-refractivity contribution in [3.63, 3.8) is 0 Å². The van der Waals surface area contributed by atoms with Gasteiger partial charge >= 0.3 is 4.87 Å². The molecule has 6 heteroatoms. The van der Waals surface area contributed by atoms with E-state index >= 15 is 0 Å². The van der Waals surface area contributed by atoms with Crippen molar-refractivity contribution in [2.24, 2.45) is 0 Å². The number of aliphatic hydroxyl groups excluding tert-OH is 1. The van der Waals surface area contributed by atoms with Crippen molar-refractivity contribution in [3.8, 4) is 0 Å². The van der Waals surface area contributed by atoms with Crippen LogP contribution >= 0.6 is 11.3 Å². The Morgan fingerprint density at radius 1 is 1.65 bits per heavy atom. The number of rotatable bonds is 5. The van der Waals surface area contributed by atoms with Crippen molar-refractivity contribution < 1.29 is 9.90 Å². The van der Waals surface area contributed by atoms with E-state index in [2.05, 4.69) is 5.32 Å². The van der Waals surface area contributed by atoms with Gasteiger partial charge in [-0.05, 0) is 20.3 Å². The quantitative estimate of drug-likeness (QED) is 0.807. The highest BCUT2D eigenvalue weighted by Gasteiger charge is 2.23. The number of carbonyl (C=O) groups excluding carboxylic acids is 1. The lowest BCUT2D eigenvalue weighted by molar-refractivity contribution is -0.124. The molecule has 1 amide bonds. The average molecular weight is 258 g/mol. The highest BCUT2D eigenvalue weighted by Crippen LogP contribution is 2.08. The van der Waals surface area contributed by atoms with Crippen LogP contribution in [0.25, 0.3) is 0 Å². The lowest BCUT2D eigenvalue weighted by Gasteiger charge is -2.27. The first-order chi connectivity index (χ1) is 7.91. The van der Waals surface area contributed by atoms with Crippen LogP contribution in [0, 0.1) is 6.92 Å². The number of carbonyl (C=O) groups is 1. The molecule has 0 saturated carbocycles. The van der Waals surface area contributed by atoms with E-state index in [1.807, 2.05) is 6.92 Å². The van der Waals surface area contributed by atoms with E-state index in [4.69, 9.17) is 0 Å². The van der Waals surface area contributed by atoms with Crippen LogP contribution in [0.1, 0.15) is 26.0 Å². The van der Waals surface area contributed by atoms with Gasteiger partial charge in [-0.1, -0.05) is 18.3 Å². The molecule has 1 heterocycles. The van der Waals surface area contributed by atoms with Gasteiger partial charge in [-0.2, -0.15) is 0 Å². The van der Waals surface area contributed by atoms with E-state index in [-0.39, 0.29) is 23.9 Å². The summed E-state index contributed by atoms with van der Waals surface area (Å²) in [4.78, 5) is 23.1. The van der Waals surface area contributed by atoms with Crippen LogP contribution in [0.5, 0.6) is 0 Å². The second-order valence-corrected chi connectivity index (χ2v) is 5.17. The predicted octanol–water partition coefficient (Wildman–Crippen LogP) is 0.495. The summed E-state index contributed by atoms with van der Waals surface area (Å²) in [6.45, 7) is 5.33. The highest BCUT2D eigenvalue weighted by atomic mass is 32.1. The summed E-state index contributed by atoms with van der Waals surface area (Å²) in [7, 11) is 0. The number of amides is 1. The number of thiazole rings is 1. The van der Waals surface area contributed by atoms with Gasteiger partial charge in [-0.25, -0.2) is 0 Å². The highest BCUT2D eigenvalue weighted by molar-refractivity contribution is 7.07. The molecule has 5 nitrogen and oxygen atoms in total. The molecule has 0 fully saturated rings. The van der Waals surface area contributed by atoms with Gasteiger partial charge in [-0.15, -0.1) is 0 Å². The molecule has 0 aromatic carbocycles. The number of aliphatic hydroxyl groups is 1. The second kappa shape index (κ2) is 5.46. The average Bonchev–Trinajstić information content (AvgIpc) is 2.60. The molecule has 1 aromatic rings. The van der Waals surface area contributed by atoms with E-state index in [0.29, 0.717) is 6.42 Å². The molecule has 1 rings (SSSR count). The smallest absolute Gasteiger partial charge is 0.307 e. The van der Waals surface area contributed by atoms with Crippen LogP contribution in [0.2, 0.25) is 0 Å². The maximum absolute atomic E-state index is 11.8. The van der Waals surface area contributed by atoms with Gasteiger partial charge < -0.3 is 10.4 Å². The van der Waals surface area contributed by atoms with Gasteiger partial charge in [0, 0.05) is 11.1 Å². The monoisotopic (exact) mass is 258 g/mol. The number of hydrogen-bond acceptors (Lipinski definition) is 4. The fourth-order valence-corrected chi connectivity index (χ4v) is 2.09. The van der Waals surface area contributed by atoms with Crippen LogP contribution in [-0.2, 0) is 11.3 Å². The Morgan fingerprint density at radius 3 is 2.71 bits per heavy atom. The van der Waals surface area contributed by atoms with E-state index in [9.17, 15) is 14.7 Å². The molecule has 2 N–H and O–H groups in total. The van der Waals surface area contributed by atoms with Crippen molar-refractivity contribution in [2.75, 3.05) is 6.61 Å². The van der Waals surface area contributed by atoms with Gasteiger partial charge in [0.05, 0.1) is 12.1 Å². The molecule has 0 bridgehead atoms. The Balaban J connectivity index is 2.71. The summed E-state index contributed by atoms with van der Waals surface area (Å²) in [6.07, 6.45) is 0.632. The van der Waals surface area contributed by atoms with Crippen molar-refractivity contribution in [1.29, 1.82) is 0 Å². The number of nitrogens with zero attached hydrogens (tertiary/aromatic N) is 1. The third kappa shape index (κ3) is 3.41. The third-order valence-electron chi connectivity index (χ3n) is 2.85. The molecule has 1 aromatic heterocycles. The second-order valence-electron chi connectivity index (χ2n) is 4.35. The van der Waals surface area contributed by atoms with Crippen LogP contribution in [0.3, 0.4) is 0 Å². The number of hydrogen-bond donors (Lipinski definition) is 2. The Hall–Kier alpha value is -1.14. The first-order valence-electron chi connectivity index (χ1n) is 5.48. The fourth-order valence-electron chi connectivity index (χ4n) is 1.36. The Bertz CT molecular complexity index is 446. The van der Waals surface area contributed by atoms with E-state index in [1.54, 1.807) is 19.2 Å². The van der Waals surface area contributed by atoms with E-state index in [0.717, 1.165) is 17.0 Å². The fraction of sp³-hybridized carbons (Fsp3) is 0.636.